The molecule has 0 unspecified atom stereocenters. The van der Waals surface area contributed by atoms with Crippen molar-refractivity contribution >= 4 is 25.3 Å². The molecule has 1 heterocycles. The molecule has 4 nitrogen and oxygen atoms in total. The van der Waals surface area contributed by atoms with Gasteiger partial charge in [-0.1, -0.05) is 0 Å². The molecule has 0 aliphatic rings. The number of benzene rings is 1. The average molecular weight is 237 g/mol. The van der Waals surface area contributed by atoms with E-state index in [4.69, 9.17) is 4.74 Å². The van der Waals surface area contributed by atoms with Gasteiger partial charge in [-0.25, -0.2) is 4.98 Å². The molecule has 0 aliphatic carbocycles. The zero-order chi connectivity index (χ0) is 10.7. The number of hydrogen-bond acceptors (Lipinski definition) is 6. The van der Waals surface area contributed by atoms with Gasteiger partial charge in [0.1, 0.15) is 18.4 Å². The van der Waals surface area contributed by atoms with Gasteiger partial charge in [-0.2, -0.15) is 9.97 Å². The molecule has 1 aromatic carbocycles. The predicted octanol–water partition coefficient (Wildman–Crippen LogP) is 2.24. The Kier molecular flexibility index (Phi) is 3.08. The summed E-state index contributed by atoms with van der Waals surface area (Å²) in [5.41, 5.74) is 0. The van der Waals surface area contributed by atoms with E-state index in [2.05, 4.69) is 40.2 Å². The van der Waals surface area contributed by atoms with Gasteiger partial charge in [-0.05, 0) is 18.2 Å². The number of thiol groups is 2. The largest absolute Gasteiger partial charge is 0.423 e. The number of rotatable bonds is 2. The van der Waals surface area contributed by atoms with Gasteiger partial charge < -0.3 is 4.74 Å². The van der Waals surface area contributed by atoms with Gasteiger partial charge in [0.05, 0.1) is 0 Å². The van der Waals surface area contributed by atoms with Crippen LogP contribution in [-0.2, 0) is 0 Å². The van der Waals surface area contributed by atoms with Crippen LogP contribution in [0.4, 0.5) is 0 Å². The summed E-state index contributed by atoms with van der Waals surface area (Å²) in [6.45, 7) is 0. The minimum Gasteiger partial charge on any atom is -0.423 e. The lowest BCUT2D eigenvalue weighted by Gasteiger charge is -2.05. The summed E-state index contributed by atoms with van der Waals surface area (Å²) in [4.78, 5) is 12.9. The first-order valence-electron chi connectivity index (χ1n) is 4.07. The third-order valence-electron chi connectivity index (χ3n) is 1.61. The van der Waals surface area contributed by atoms with Gasteiger partial charge in [0.15, 0.2) is 0 Å². The lowest BCUT2D eigenvalue weighted by molar-refractivity contribution is 0.429. The number of ether oxygens (including phenoxy) is 1. The molecule has 0 radical (unpaired) electrons. The van der Waals surface area contributed by atoms with Gasteiger partial charge >= 0.3 is 6.01 Å². The van der Waals surface area contributed by atoms with Crippen molar-refractivity contribution in [3.8, 4) is 11.8 Å². The van der Waals surface area contributed by atoms with Gasteiger partial charge in [0, 0.05) is 9.79 Å². The summed E-state index contributed by atoms with van der Waals surface area (Å²) in [5.74, 6) is 0.585. The zero-order valence-electron chi connectivity index (χ0n) is 7.53. The second-order valence-electron chi connectivity index (χ2n) is 2.67. The summed E-state index contributed by atoms with van der Waals surface area (Å²) >= 11 is 8.43. The second kappa shape index (κ2) is 4.50. The van der Waals surface area contributed by atoms with Crippen molar-refractivity contribution in [1.82, 2.24) is 15.0 Å². The lowest BCUT2D eigenvalue weighted by Crippen LogP contribution is -1.92. The smallest absolute Gasteiger partial charge is 0.324 e. The maximum Gasteiger partial charge on any atom is 0.324 e. The molecule has 0 spiro atoms. The molecule has 0 amide bonds. The summed E-state index contributed by atoms with van der Waals surface area (Å²) in [6, 6.07) is 5.59. The Balaban J connectivity index is 2.25. The summed E-state index contributed by atoms with van der Waals surface area (Å²) < 4.78 is 5.39. The van der Waals surface area contributed by atoms with E-state index >= 15 is 0 Å². The Morgan fingerprint density at radius 1 is 1.07 bits per heavy atom. The third kappa shape index (κ3) is 2.60. The zero-order valence-corrected chi connectivity index (χ0v) is 9.32. The highest BCUT2D eigenvalue weighted by atomic mass is 32.1. The SMILES string of the molecule is Sc1ccc(Oc2ncncn2)c(S)c1. The highest BCUT2D eigenvalue weighted by Gasteiger charge is 2.03. The Labute approximate surface area is 97.6 Å². The normalized spacial score (nSPS) is 10.0. The average Bonchev–Trinajstić information content (AvgIpc) is 2.24. The molecule has 76 valence electrons. The second-order valence-corrected chi connectivity index (χ2v) is 3.67. The fourth-order valence-corrected chi connectivity index (χ4v) is 1.54. The van der Waals surface area contributed by atoms with Gasteiger partial charge in [-0.3, -0.25) is 0 Å². The molecule has 2 aromatic rings. The number of nitrogens with zero attached hydrogens (tertiary/aromatic N) is 3. The highest BCUT2D eigenvalue weighted by molar-refractivity contribution is 7.81. The third-order valence-corrected chi connectivity index (χ3v) is 2.24. The molecule has 15 heavy (non-hydrogen) atoms. The van der Waals surface area contributed by atoms with Crippen molar-refractivity contribution in [3.63, 3.8) is 0 Å². The number of aromatic nitrogens is 3. The predicted molar refractivity (Wildman–Crippen MR) is 60.8 cm³/mol. The van der Waals surface area contributed by atoms with Crippen LogP contribution in [0.2, 0.25) is 0 Å². The van der Waals surface area contributed by atoms with Crippen molar-refractivity contribution in [2.45, 2.75) is 9.79 Å². The van der Waals surface area contributed by atoms with Crippen LogP contribution in [0.1, 0.15) is 0 Å². The molecule has 0 atom stereocenters. The molecule has 6 heteroatoms. The van der Waals surface area contributed by atoms with Crippen molar-refractivity contribution < 1.29 is 4.74 Å². The molecule has 0 saturated carbocycles. The van der Waals surface area contributed by atoms with E-state index in [9.17, 15) is 0 Å². The van der Waals surface area contributed by atoms with E-state index in [1.54, 1.807) is 18.2 Å². The summed E-state index contributed by atoms with van der Waals surface area (Å²) in [6.07, 6.45) is 2.74. The maximum absolute atomic E-state index is 5.39. The standard InChI is InChI=1S/C9H7N3OS2/c14-6-1-2-7(8(15)3-6)13-9-11-4-10-5-12-9/h1-5,14-15H. The fourth-order valence-electron chi connectivity index (χ4n) is 0.972. The van der Waals surface area contributed by atoms with Crippen molar-refractivity contribution in [1.29, 1.82) is 0 Å². The van der Waals surface area contributed by atoms with Gasteiger partial charge in [0.2, 0.25) is 0 Å². The van der Waals surface area contributed by atoms with E-state index < -0.39 is 0 Å². The Morgan fingerprint density at radius 3 is 2.47 bits per heavy atom. The summed E-state index contributed by atoms with van der Waals surface area (Å²) in [5, 5.41) is 0. The first-order valence-corrected chi connectivity index (χ1v) is 4.97. The molecular weight excluding hydrogens is 230 g/mol. The molecule has 0 N–H and O–H groups in total. The van der Waals surface area contributed by atoms with E-state index in [-0.39, 0.29) is 6.01 Å². The molecule has 0 fully saturated rings. The first-order chi connectivity index (χ1) is 7.25. The van der Waals surface area contributed by atoms with Crippen LogP contribution < -0.4 is 4.74 Å². The lowest BCUT2D eigenvalue weighted by atomic mass is 10.3. The fraction of sp³-hybridized carbons (Fsp3) is 0. The quantitative estimate of drug-likeness (QED) is 0.786. The molecule has 0 aliphatic heterocycles. The van der Waals surface area contributed by atoms with Crippen molar-refractivity contribution in [3.05, 3.63) is 30.9 Å². The van der Waals surface area contributed by atoms with Crippen LogP contribution in [0.3, 0.4) is 0 Å². The van der Waals surface area contributed by atoms with E-state index in [0.717, 1.165) is 4.90 Å². The first kappa shape index (κ1) is 10.3. The summed E-state index contributed by atoms with van der Waals surface area (Å²) in [7, 11) is 0. The van der Waals surface area contributed by atoms with Crippen LogP contribution in [-0.4, -0.2) is 15.0 Å². The van der Waals surface area contributed by atoms with E-state index in [0.29, 0.717) is 10.6 Å². The molecule has 0 bridgehead atoms. The van der Waals surface area contributed by atoms with Crippen LogP contribution in [0.25, 0.3) is 0 Å². The molecule has 1 aromatic heterocycles. The monoisotopic (exact) mass is 237 g/mol. The Bertz CT molecular complexity index is 464. The van der Waals surface area contributed by atoms with Crippen molar-refractivity contribution in [2.75, 3.05) is 0 Å². The van der Waals surface area contributed by atoms with Crippen LogP contribution in [0.15, 0.2) is 40.6 Å². The molecular formula is C9H7N3OS2. The Morgan fingerprint density at radius 2 is 1.80 bits per heavy atom. The topological polar surface area (TPSA) is 47.9 Å². The molecule has 0 saturated heterocycles. The van der Waals surface area contributed by atoms with Gasteiger partial charge in [-0.15, -0.1) is 25.3 Å². The number of hydrogen-bond donors (Lipinski definition) is 2. The molecule has 2 rings (SSSR count). The van der Waals surface area contributed by atoms with Gasteiger partial charge in [0.25, 0.3) is 0 Å². The minimum atomic E-state index is 0.243. The van der Waals surface area contributed by atoms with Crippen LogP contribution in [0, 0.1) is 0 Å². The van der Waals surface area contributed by atoms with Crippen LogP contribution >= 0.6 is 25.3 Å². The van der Waals surface area contributed by atoms with E-state index in [1.165, 1.54) is 12.7 Å². The highest BCUT2D eigenvalue weighted by Crippen LogP contribution is 2.27. The van der Waals surface area contributed by atoms with Crippen molar-refractivity contribution in [2.24, 2.45) is 0 Å². The van der Waals surface area contributed by atoms with Crippen LogP contribution in [0.5, 0.6) is 11.8 Å². The Hall–Kier alpha value is -1.27. The van der Waals surface area contributed by atoms with E-state index in [1.807, 2.05) is 0 Å². The minimum absolute atomic E-state index is 0.243. The maximum atomic E-state index is 5.39.